The SMILES string of the molecule is COc1cc(OCc2ccccc2CBr)cc(-n2cc(C(=O)N(C)c3cc(F)cc(F)c3)c(=O)c3ccc(OC)cc32)c1. The normalized spacial score (nSPS) is 10.9. The number of anilines is 1. The van der Waals surface area contributed by atoms with Gasteiger partial charge >= 0.3 is 0 Å². The van der Waals surface area contributed by atoms with Gasteiger partial charge in [-0.25, -0.2) is 8.78 Å². The van der Waals surface area contributed by atoms with Gasteiger partial charge < -0.3 is 23.7 Å². The van der Waals surface area contributed by atoms with Crippen LogP contribution >= 0.6 is 15.9 Å². The molecule has 0 aliphatic carbocycles. The van der Waals surface area contributed by atoms with E-state index in [1.807, 2.05) is 24.3 Å². The Bertz CT molecular complexity index is 1870. The van der Waals surface area contributed by atoms with Crippen LogP contribution in [-0.2, 0) is 11.9 Å². The molecule has 0 aliphatic heterocycles. The average Bonchev–Trinajstić information content (AvgIpc) is 3.02. The number of hydrogen-bond acceptors (Lipinski definition) is 5. The number of carbonyl (C=O) groups is 1. The van der Waals surface area contributed by atoms with Crippen molar-refractivity contribution in [2.75, 3.05) is 26.2 Å². The standard InChI is InChI=1S/C33H27BrF2N2O5/c1-37(24-11-22(35)10-23(36)12-24)33(40)30-18-38(31-16-26(41-2)8-9-29(31)32(30)39)25-13-27(42-3)15-28(14-25)43-19-21-7-5-4-6-20(21)17-34/h4-16,18H,17,19H2,1-3H3. The monoisotopic (exact) mass is 648 g/mol. The summed E-state index contributed by atoms with van der Waals surface area (Å²) in [6, 6.07) is 20.8. The fraction of sp³-hybridized carbons (Fsp3) is 0.152. The van der Waals surface area contributed by atoms with Crippen LogP contribution in [0.3, 0.4) is 0 Å². The number of aromatic nitrogens is 1. The first-order chi connectivity index (χ1) is 20.7. The zero-order valence-electron chi connectivity index (χ0n) is 23.6. The minimum absolute atomic E-state index is 0.0379. The average molecular weight is 649 g/mol. The van der Waals surface area contributed by atoms with Crippen molar-refractivity contribution >= 4 is 38.4 Å². The lowest BCUT2D eigenvalue weighted by Crippen LogP contribution is -2.32. The predicted molar refractivity (Wildman–Crippen MR) is 165 cm³/mol. The molecule has 0 bridgehead atoms. The zero-order valence-corrected chi connectivity index (χ0v) is 25.2. The van der Waals surface area contributed by atoms with E-state index < -0.39 is 23.0 Å². The van der Waals surface area contributed by atoms with Crippen molar-refractivity contribution in [3.05, 3.63) is 124 Å². The molecule has 7 nitrogen and oxygen atoms in total. The number of ether oxygens (including phenoxy) is 3. The molecule has 0 unspecified atom stereocenters. The van der Waals surface area contributed by atoms with Gasteiger partial charge in [-0.15, -0.1) is 0 Å². The Morgan fingerprint density at radius 2 is 1.53 bits per heavy atom. The summed E-state index contributed by atoms with van der Waals surface area (Å²) in [4.78, 5) is 28.3. The Morgan fingerprint density at radius 3 is 2.21 bits per heavy atom. The second-order valence-corrected chi connectivity index (χ2v) is 10.2. The van der Waals surface area contributed by atoms with Gasteiger partial charge in [0.05, 0.1) is 25.4 Å². The van der Waals surface area contributed by atoms with Crippen LogP contribution in [0.2, 0.25) is 0 Å². The molecular weight excluding hydrogens is 622 g/mol. The van der Waals surface area contributed by atoms with Crippen LogP contribution in [0.15, 0.2) is 89.9 Å². The molecule has 0 atom stereocenters. The number of fused-ring (bicyclic) bond motifs is 1. The van der Waals surface area contributed by atoms with Crippen LogP contribution in [-0.4, -0.2) is 31.7 Å². The molecule has 0 saturated heterocycles. The van der Waals surface area contributed by atoms with Crippen LogP contribution in [0.1, 0.15) is 21.5 Å². The lowest BCUT2D eigenvalue weighted by Gasteiger charge is -2.20. The Morgan fingerprint density at radius 1 is 0.860 bits per heavy atom. The largest absolute Gasteiger partial charge is 0.497 e. The number of amides is 1. The third-order valence-electron chi connectivity index (χ3n) is 7.02. The quantitative estimate of drug-likeness (QED) is 0.160. The van der Waals surface area contributed by atoms with Gasteiger partial charge in [0.1, 0.15) is 41.1 Å². The van der Waals surface area contributed by atoms with E-state index in [4.69, 9.17) is 14.2 Å². The second kappa shape index (κ2) is 12.7. The van der Waals surface area contributed by atoms with Crippen molar-refractivity contribution in [2.24, 2.45) is 0 Å². The Balaban J connectivity index is 1.64. The van der Waals surface area contributed by atoms with E-state index in [-0.39, 0.29) is 16.6 Å². The summed E-state index contributed by atoms with van der Waals surface area (Å²) in [7, 11) is 4.38. The summed E-state index contributed by atoms with van der Waals surface area (Å²) < 4.78 is 46.7. The molecule has 0 saturated carbocycles. The molecule has 0 N–H and O–H groups in total. The van der Waals surface area contributed by atoms with Gasteiger partial charge in [0, 0.05) is 60.0 Å². The molecular formula is C33H27BrF2N2O5. The van der Waals surface area contributed by atoms with Gasteiger partial charge in [0.25, 0.3) is 5.91 Å². The molecule has 1 amide bonds. The van der Waals surface area contributed by atoms with E-state index in [1.54, 1.807) is 41.0 Å². The molecule has 4 aromatic carbocycles. The van der Waals surface area contributed by atoms with E-state index in [0.717, 1.165) is 28.2 Å². The summed E-state index contributed by atoms with van der Waals surface area (Å²) in [6.07, 6.45) is 1.40. The van der Waals surface area contributed by atoms with Gasteiger partial charge in [-0.1, -0.05) is 40.2 Å². The van der Waals surface area contributed by atoms with Crippen LogP contribution in [0.5, 0.6) is 17.2 Å². The van der Waals surface area contributed by atoms with Crippen molar-refractivity contribution in [1.29, 1.82) is 0 Å². The lowest BCUT2D eigenvalue weighted by molar-refractivity contribution is 0.0991. The van der Waals surface area contributed by atoms with Crippen molar-refractivity contribution in [1.82, 2.24) is 4.57 Å². The molecule has 0 radical (unpaired) electrons. The molecule has 0 spiro atoms. The van der Waals surface area contributed by atoms with E-state index in [0.29, 0.717) is 46.5 Å². The molecule has 0 fully saturated rings. The number of nitrogens with zero attached hydrogens (tertiary/aromatic N) is 2. The summed E-state index contributed by atoms with van der Waals surface area (Å²) in [6.45, 7) is 0.297. The number of halogens is 3. The van der Waals surface area contributed by atoms with Crippen molar-refractivity contribution < 1.29 is 27.8 Å². The highest BCUT2D eigenvalue weighted by Crippen LogP contribution is 2.30. The molecule has 0 aliphatic rings. The summed E-state index contributed by atoms with van der Waals surface area (Å²) in [5.74, 6) is -0.962. The van der Waals surface area contributed by atoms with Crippen LogP contribution in [0.25, 0.3) is 16.6 Å². The first-order valence-electron chi connectivity index (χ1n) is 13.1. The van der Waals surface area contributed by atoms with Crippen molar-refractivity contribution in [3.63, 3.8) is 0 Å². The van der Waals surface area contributed by atoms with Gasteiger partial charge in [0.2, 0.25) is 5.43 Å². The van der Waals surface area contributed by atoms with Gasteiger partial charge in [-0.05, 0) is 35.4 Å². The summed E-state index contributed by atoms with van der Waals surface area (Å²) >= 11 is 3.51. The predicted octanol–water partition coefficient (Wildman–Crippen LogP) is 7.04. The maximum absolute atomic E-state index is 13.9. The van der Waals surface area contributed by atoms with Crippen molar-refractivity contribution in [3.8, 4) is 22.9 Å². The smallest absolute Gasteiger partial charge is 0.263 e. The summed E-state index contributed by atoms with van der Waals surface area (Å²) in [5, 5.41) is 0.913. The Labute approximate surface area is 255 Å². The first-order valence-corrected chi connectivity index (χ1v) is 14.3. The van der Waals surface area contributed by atoms with Gasteiger partial charge in [-0.3, -0.25) is 9.59 Å². The molecule has 5 aromatic rings. The fourth-order valence-electron chi connectivity index (χ4n) is 4.72. The Kier molecular flexibility index (Phi) is 8.77. The topological polar surface area (TPSA) is 70.0 Å². The molecule has 1 heterocycles. The number of benzene rings is 4. The van der Waals surface area contributed by atoms with E-state index >= 15 is 0 Å². The first kappa shape index (κ1) is 29.8. The zero-order chi connectivity index (χ0) is 30.7. The number of carbonyl (C=O) groups excluding carboxylic acids is 1. The minimum atomic E-state index is -0.847. The lowest BCUT2D eigenvalue weighted by atomic mass is 10.1. The number of pyridine rings is 1. The van der Waals surface area contributed by atoms with E-state index in [9.17, 15) is 18.4 Å². The molecule has 5 rings (SSSR count). The number of methoxy groups -OCH3 is 2. The van der Waals surface area contributed by atoms with E-state index in [1.165, 1.54) is 27.5 Å². The Hall–Kier alpha value is -4.70. The highest BCUT2D eigenvalue weighted by molar-refractivity contribution is 9.08. The van der Waals surface area contributed by atoms with Crippen LogP contribution in [0, 0.1) is 11.6 Å². The number of alkyl halides is 1. The third-order valence-corrected chi connectivity index (χ3v) is 7.62. The molecule has 10 heteroatoms. The number of hydrogen-bond donors (Lipinski definition) is 0. The fourth-order valence-corrected chi connectivity index (χ4v) is 5.26. The maximum atomic E-state index is 13.9. The minimum Gasteiger partial charge on any atom is -0.497 e. The van der Waals surface area contributed by atoms with Gasteiger partial charge in [-0.2, -0.15) is 0 Å². The molecule has 1 aromatic heterocycles. The van der Waals surface area contributed by atoms with Crippen molar-refractivity contribution in [2.45, 2.75) is 11.9 Å². The highest BCUT2D eigenvalue weighted by Gasteiger charge is 2.22. The number of rotatable bonds is 9. The second-order valence-electron chi connectivity index (χ2n) is 9.67. The van der Waals surface area contributed by atoms with Gasteiger partial charge in [0.15, 0.2) is 0 Å². The van der Waals surface area contributed by atoms with E-state index in [2.05, 4.69) is 15.9 Å². The maximum Gasteiger partial charge on any atom is 0.263 e. The van der Waals surface area contributed by atoms with Crippen LogP contribution < -0.4 is 24.5 Å². The highest BCUT2D eigenvalue weighted by atomic mass is 79.9. The summed E-state index contributed by atoms with van der Waals surface area (Å²) in [5.41, 5.74) is 2.31. The molecule has 220 valence electrons. The van der Waals surface area contributed by atoms with Crippen LogP contribution in [0.4, 0.5) is 14.5 Å². The third kappa shape index (κ3) is 6.24. The molecule has 43 heavy (non-hydrogen) atoms.